The topological polar surface area (TPSA) is 38.0 Å². The van der Waals surface area contributed by atoms with E-state index in [0.29, 0.717) is 0 Å². The van der Waals surface area contributed by atoms with Crippen LogP contribution < -0.4 is 0 Å². The van der Waals surface area contributed by atoms with Crippen molar-refractivity contribution in [1.82, 2.24) is 9.78 Å². The fourth-order valence-corrected chi connectivity index (χ4v) is 3.24. The number of aromatic hydroxyl groups is 1. The summed E-state index contributed by atoms with van der Waals surface area (Å²) in [4.78, 5) is 0. The number of aryl methyl sites for hydroxylation is 2. The molecule has 0 fully saturated rings. The molecule has 1 aromatic heterocycles. The number of nitrogens with zero attached hydrogens (tertiary/aromatic N) is 2. The van der Waals surface area contributed by atoms with Crippen LogP contribution in [-0.2, 0) is 0 Å². The highest BCUT2D eigenvalue weighted by Crippen LogP contribution is 2.40. The van der Waals surface area contributed by atoms with Crippen molar-refractivity contribution >= 4 is 0 Å². The van der Waals surface area contributed by atoms with Crippen LogP contribution in [0.3, 0.4) is 0 Å². The van der Waals surface area contributed by atoms with Gasteiger partial charge in [-0.25, -0.2) is 0 Å². The third-order valence-corrected chi connectivity index (χ3v) is 4.56. The van der Waals surface area contributed by atoms with Gasteiger partial charge in [0.1, 0.15) is 5.69 Å². The molecule has 0 bridgehead atoms. The molecule has 1 N–H and O–H groups in total. The Labute approximate surface area is 153 Å². The quantitative estimate of drug-likeness (QED) is 0.532. The van der Waals surface area contributed by atoms with Gasteiger partial charge in [0.05, 0.1) is 11.3 Å². The van der Waals surface area contributed by atoms with Gasteiger partial charge in [0.25, 0.3) is 0 Å². The molecule has 128 valence electrons. The molecule has 0 atom stereocenters. The van der Waals surface area contributed by atoms with Crippen LogP contribution in [0.25, 0.3) is 28.1 Å². The number of hydrogen-bond donors (Lipinski definition) is 1. The summed E-state index contributed by atoms with van der Waals surface area (Å²) in [6.07, 6.45) is 0. The van der Waals surface area contributed by atoms with E-state index in [1.54, 1.807) is 4.68 Å². The minimum absolute atomic E-state index is 0.155. The van der Waals surface area contributed by atoms with Crippen molar-refractivity contribution in [2.24, 2.45) is 0 Å². The normalized spacial score (nSPS) is 10.8. The SMILES string of the molecule is Cc1cccc(-c2nn(-c3ccccc3C)c(O)c2-c2ccccc2)c1. The fraction of sp³-hybridized carbons (Fsp3) is 0.0870. The zero-order valence-electron chi connectivity index (χ0n) is 14.8. The van der Waals surface area contributed by atoms with Crippen molar-refractivity contribution in [1.29, 1.82) is 0 Å². The molecule has 4 aromatic rings. The number of benzene rings is 3. The van der Waals surface area contributed by atoms with E-state index in [9.17, 15) is 5.11 Å². The maximum absolute atomic E-state index is 11.1. The van der Waals surface area contributed by atoms with E-state index in [1.807, 2.05) is 73.7 Å². The molecule has 0 aliphatic rings. The Morgan fingerprint density at radius 2 is 1.46 bits per heavy atom. The molecule has 26 heavy (non-hydrogen) atoms. The number of rotatable bonds is 3. The van der Waals surface area contributed by atoms with Crippen LogP contribution in [0.4, 0.5) is 0 Å². The molecule has 4 rings (SSSR count). The molecular formula is C23H20N2O. The third kappa shape index (κ3) is 2.78. The highest BCUT2D eigenvalue weighted by atomic mass is 16.3. The molecule has 0 aliphatic carbocycles. The maximum Gasteiger partial charge on any atom is 0.222 e. The number of aromatic nitrogens is 2. The van der Waals surface area contributed by atoms with Crippen molar-refractivity contribution in [3.05, 3.63) is 90.0 Å². The van der Waals surface area contributed by atoms with Gasteiger partial charge in [-0.05, 0) is 37.1 Å². The highest BCUT2D eigenvalue weighted by Gasteiger charge is 2.21. The first-order chi connectivity index (χ1) is 12.6. The summed E-state index contributed by atoms with van der Waals surface area (Å²) < 4.78 is 1.63. The Balaban J connectivity index is 2.01. The molecule has 0 saturated heterocycles. The molecule has 0 amide bonds. The van der Waals surface area contributed by atoms with Crippen LogP contribution in [0.5, 0.6) is 5.88 Å². The Morgan fingerprint density at radius 3 is 2.19 bits per heavy atom. The van der Waals surface area contributed by atoms with Crippen LogP contribution in [-0.4, -0.2) is 14.9 Å². The van der Waals surface area contributed by atoms with Gasteiger partial charge >= 0.3 is 0 Å². The summed E-state index contributed by atoms with van der Waals surface area (Å²) in [5.74, 6) is 0.155. The molecule has 0 spiro atoms. The molecule has 3 aromatic carbocycles. The standard InChI is InChI=1S/C23H20N2O/c1-16-9-8-13-19(15-16)22-21(18-11-4-3-5-12-18)23(26)25(24-22)20-14-7-6-10-17(20)2/h3-15,26H,1-2H3. The lowest BCUT2D eigenvalue weighted by Crippen LogP contribution is -1.98. The van der Waals surface area contributed by atoms with Gasteiger partial charge in [-0.2, -0.15) is 9.78 Å². The predicted octanol–water partition coefficient (Wildman–Crippen LogP) is 5.53. The van der Waals surface area contributed by atoms with Crippen molar-refractivity contribution in [2.75, 3.05) is 0 Å². The zero-order valence-corrected chi connectivity index (χ0v) is 14.8. The minimum Gasteiger partial charge on any atom is -0.493 e. The van der Waals surface area contributed by atoms with Crippen molar-refractivity contribution in [3.8, 4) is 34.0 Å². The maximum atomic E-state index is 11.1. The van der Waals surface area contributed by atoms with Gasteiger partial charge in [-0.1, -0.05) is 72.3 Å². The van der Waals surface area contributed by atoms with Crippen molar-refractivity contribution < 1.29 is 5.11 Å². The smallest absolute Gasteiger partial charge is 0.222 e. The molecular weight excluding hydrogens is 320 g/mol. The lowest BCUT2D eigenvalue weighted by molar-refractivity contribution is 0.435. The third-order valence-electron chi connectivity index (χ3n) is 4.56. The number of para-hydroxylation sites is 1. The van der Waals surface area contributed by atoms with Crippen molar-refractivity contribution in [3.63, 3.8) is 0 Å². The van der Waals surface area contributed by atoms with E-state index in [2.05, 4.69) is 19.1 Å². The minimum atomic E-state index is 0.155. The van der Waals surface area contributed by atoms with E-state index in [0.717, 1.165) is 39.2 Å². The molecule has 3 heteroatoms. The fourth-order valence-electron chi connectivity index (χ4n) is 3.24. The summed E-state index contributed by atoms with van der Waals surface area (Å²) in [5.41, 5.74) is 6.56. The molecule has 0 saturated carbocycles. The van der Waals surface area contributed by atoms with Gasteiger partial charge in [0.15, 0.2) is 0 Å². The molecule has 0 unspecified atom stereocenters. The second-order valence-electron chi connectivity index (χ2n) is 6.48. The predicted molar refractivity (Wildman–Crippen MR) is 106 cm³/mol. The van der Waals surface area contributed by atoms with E-state index < -0.39 is 0 Å². The van der Waals surface area contributed by atoms with Crippen LogP contribution in [0.1, 0.15) is 11.1 Å². The Morgan fingerprint density at radius 1 is 0.769 bits per heavy atom. The van der Waals surface area contributed by atoms with E-state index in [-0.39, 0.29) is 5.88 Å². The summed E-state index contributed by atoms with van der Waals surface area (Å²) in [5, 5.41) is 15.9. The Bertz CT molecular complexity index is 1060. The van der Waals surface area contributed by atoms with Crippen LogP contribution in [0.15, 0.2) is 78.9 Å². The van der Waals surface area contributed by atoms with E-state index in [4.69, 9.17) is 5.10 Å². The largest absolute Gasteiger partial charge is 0.493 e. The second kappa shape index (κ2) is 6.52. The van der Waals surface area contributed by atoms with Gasteiger partial charge in [-0.15, -0.1) is 0 Å². The summed E-state index contributed by atoms with van der Waals surface area (Å²) in [6, 6.07) is 26.0. The lowest BCUT2D eigenvalue weighted by Gasteiger charge is -2.07. The molecule has 1 heterocycles. The summed E-state index contributed by atoms with van der Waals surface area (Å²) >= 11 is 0. The summed E-state index contributed by atoms with van der Waals surface area (Å²) in [7, 11) is 0. The second-order valence-corrected chi connectivity index (χ2v) is 6.48. The number of hydrogen-bond acceptors (Lipinski definition) is 2. The lowest BCUT2D eigenvalue weighted by atomic mass is 10.0. The van der Waals surface area contributed by atoms with Gasteiger partial charge in [0.2, 0.25) is 5.88 Å². The molecule has 0 aliphatic heterocycles. The van der Waals surface area contributed by atoms with Crippen LogP contribution in [0.2, 0.25) is 0 Å². The van der Waals surface area contributed by atoms with Gasteiger partial charge < -0.3 is 5.11 Å². The van der Waals surface area contributed by atoms with Gasteiger partial charge in [-0.3, -0.25) is 0 Å². The average Bonchev–Trinajstić information content (AvgIpc) is 3.00. The first-order valence-electron chi connectivity index (χ1n) is 8.65. The van der Waals surface area contributed by atoms with Gasteiger partial charge in [0, 0.05) is 5.56 Å². The van der Waals surface area contributed by atoms with Crippen LogP contribution in [0, 0.1) is 13.8 Å². The summed E-state index contributed by atoms with van der Waals surface area (Å²) in [6.45, 7) is 4.08. The highest BCUT2D eigenvalue weighted by molar-refractivity contribution is 5.85. The van der Waals surface area contributed by atoms with Crippen molar-refractivity contribution in [2.45, 2.75) is 13.8 Å². The van der Waals surface area contributed by atoms with E-state index in [1.165, 1.54) is 0 Å². The van der Waals surface area contributed by atoms with E-state index >= 15 is 0 Å². The Hall–Kier alpha value is -3.33. The Kier molecular flexibility index (Phi) is 4.05. The van der Waals surface area contributed by atoms with Crippen LogP contribution >= 0.6 is 0 Å². The average molecular weight is 340 g/mol. The monoisotopic (exact) mass is 340 g/mol. The molecule has 3 nitrogen and oxygen atoms in total. The first kappa shape index (κ1) is 16.2. The zero-order chi connectivity index (χ0) is 18.1. The molecule has 0 radical (unpaired) electrons. The first-order valence-corrected chi connectivity index (χ1v) is 8.65.